The van der Waals surface area contributed by atoms with Gasteiger partial charge in [-0.05, 0) is 24.4 Å². The molecule has 0 atom stereocenters. The standard InChI is InChI=1S/C14H14ClFN4O3S/c1-18-12(21)7-20(13(22)19(2)14(18)24)11-4-8(6-17-23-3)9(15)5-10(11)16/h4-6H,7H2,1-3H3/b17-6+. The van der Waals surface area contributed by atoms with Gasteiger partial charge in [0.2, 0.25) is 5.91 Å². The van der Waals surface area contributed by atoms with Gasteiger partial charge in [0.15, 0.2) is 5.11 Å². The number of hydrogen-bond donors (Lipinski definition) is 0. The van der Waals surface area contributed by atoms with Crippen molar-refractivity contribution in [3.05, 3.63) is 28.5 Å². The number of benzene rings is 1. The van der Waals surface area contributed by atoms with Crippen molar-refractivity contribution in [1.29, 1.82) is 0 Å². The van der Waals surface area contributed by atoms with Crippen LogP contribution in [0.15, 0.2) is 17.3 Å². The highest BCUT2D eigenvalue weighted by atomic mass is 35.5. The van der Waals surface area contributed by atoms with Crippen LogP contribution in [-0.2, 0) is 9.63 Å². The second-order valence-corrected chi connectivity index (χ2v) is 5.68. The van der Waals surface area contributed by atoms with Crippen LogP contribution in [0.2, 0.25) is 5.02 Å². The lowest BCUT2D eigenvalue weighted by Crippen LogP contribution is -2.43. The first-order valence-corrected chi connectivity index (χ1v) is 7.47. The molecule has 1 aromatic carbocycles. The largest absolute Gasteiger partial charge is 0.399 e. The molecular formula is C14H14ClFN4O3S. The van der Waals surface area contributed by atoms with E-state index in [-0.39, 0.29) is 22.4 Å². The number of urea groups is 1. The highest BCUT2D eigenvalue weighted by Gasteiger charge is 2.34. The van der Waals surface area contributed by atoms with E-state index in [2.05, 4.69) is 9.99 Å². The van der Waals surface area contributed by atoms with E-state index >= 15 is 0 Å². The molecule has 0 N–H and O–H groups in total. The van der Waals surface area contributed by atoms with Gasteiger partial charge in [-0.25, -0.2) is 9.18 Å². The van der Waals surface area contributed by atoms with Crippen molar-refractivity contribution in [2.75, 3.05) is 32.6 Å². The molecule has 10 heteroatoms. The van der Waals surface area contributed by atoms with E-state index in [9.17, 15) is 14.0 Å². The van der Waals surface area contributed by atoms with Gasteiger partial charge in [0, 0.05) is 19.7 Å². The third-order valence-electron chi connectivity index (χ3n) is 3.41. The van der Waals surface area contributed by atoms with Gasteiger partial charge in [-0.1, -0.05) is 16.8 Å². The van der Waals surface area contributed by atoms with Crippen LogP contribution in [0, 0.1) is 5.82 Å². The van der Waals surface area contributed by atoms with Crippen LogP contribution >= 0.6 is 23.8 Å². The van der Waals surface area contributed by atoms with Crippen LogP contribution in [0.25, 0.3) is 0 Å². The molecule has 1 aliphatic heterocycles. The molecule has 2 rings (SSSR count). The molecule has 0 aliphatic carbocycles. The molecule has 24 heavy (non-hydrogen) atoms. The minimum absolute atomic E-state index is 0.0306. The van der Waals surface area contributed by atoms with Crippen molar-refractivity contribution in [2.45, 2.75) is 0 Å². The highest BCUT2D eigenvalue weighted by Crippen LogP contribution is 2.28. The number of likely N-dealkylation sites (N-methyl/N-ethyl adjacent to an activating group) is 1. The lowest BCUT2D eigenvalue weighted by Gasteiger charge is -2.24. The summed E-state index contributed by atoms with van der Waals surface area (Å²) in [6, 6.07) is 1.72. The number of nitrogens with zero attached hydrogens (tertiary/aromatic N) is 4. The maximum absolute atomic E-state index is 14.4. The molecule has 1 aromatic rings. The zero-order valence-electron chi connectivity index (χ0n) is 13.1. The third kappa shape index (κ3) is 3.31. The van der Waals surface area contributed by atoms with Crippen molar-refractivity contribution in [1.82, 2.24) is 9.80 Å². The van der Waals surface area contributed by atoms with E-state index in [1.807, 2.05) is 0 Å². The predicted molar refractivity (Wildman–Crippen MR) is 91.9 cm³/mol. The Labute approximate surface area is 148 Å². The fourth-order valence-corrected chi connectivity index (χ4v) is 2.44. The quantitative estimate of drug-likeness (QED) is 0.463. The normalized spacial score (nSPS) is 16.2. The number of carbonyl (C=O) groups excluding carboxylic acids is 2. The molecule has 1 aliphatic rings. The molecule has 0 bridgehead atoms. The van der Waals surface area contributed by atoms with Gasteiger partial charge in [-0.3, -0.25) is 19.5 Å². The summed E-state index contributed by atoms with van der Waals surface area (Å²) in [5.74, 6) is -1.20. The monoisotopic (exact) mass is 372 g/mol. The van der Waals surface area contributed by atoms with Gasteiger partial charge >= 0.3 is 6.03 Å². The summed E-state index contributed by atoms with van der Waals surface area (Å²) in [5.41, 5.74) is 0.221. The summed E-state index contributed by atoms with van der Waals surface area (Å²) in [6.45, 7) is -0.362. The molecule has 0 saturated carbocycles. The van der Waals surface area contributed by atoms with Gasteiger partial charge < -0.3 is 4.84 Å². The second-order valence-electron chi connectivity index (χ2n) is 4.91. The first-order chi connectivity index (χ1) is 11.3. The number of oxime groups is 1. The Bertz CT molecular complexity index is 743. The molecule has 0 aromatic heterocycles. The second kappa shape index (κ2) is 7.10. The van der Waals surface area contributed by atoms with E-state index in [4.69, 9.17) is 23.8 Å². The van der Waals surface area contributed by atoms with Crippen LogP contribution in [-0.4, -0.2) is 60.8 Å². The van der Waals surface area contributed by atoms with Crippen molar-refractivity contribution in [3.8, 4) is 0 Å². The Balaban J connectivity index is 2.53. The minimum atomic E-state index is -0.750. The zero-order chi connectivity index (χ0) is 18.0. The number of hydrogen-bond acceptors (Lipinski definition) is 5. The predicted octanol–water partition coefficient (Wildman–Crippen LogP) is 2.07. The lowest BCUT2D eigenvalue weighted by molar-refractivity contribution is -0.124. The van der Waals surface area contributed by atoms with Crippen LogP contribution in [0.1, 0.15) is 5.56 Å². The van der Waals surface area contributed by atoms with Crippen molar-refractivity contribution in [2.24, 2.45) is 5.16 Å². The van der Waals surface area contributed by atoms with Crippen molar-refractivity contribution < 1.29 is 18.8 Å². The average Bonchev–Trinajstić information content (AvgIpc) is 2.62. The number of amides is 3. The molecule has 0 spiro atoms. The van der Waals surface area contributed by atoms with Gasteiger partial charge in [-0.2, -0.15) is 0 Å². The van der Waals surface area contributed by atoms with E-state index in [0.717, 1.165) is 20.8 Å². The topological polar surface area (TPSA) is 65.5 Å². The zero-order valence-corrected chi connectivity index (χ0v) is 14.7. The number of halogens is 2. The maximum Gasteiger partial charge on any atom is 0.331 e. The molecule has 0 unspecified atom stereocenters. The first kappa shape index (κ1) is 18.1. The maximum atomic E-state index is 14.4. The van der Waals surface area contributed by atoms with Gasteiger partial charge in [0.05, 0.1) is 16.9 Å². The Morgan fingerprint density at radius 1 is 1.33 bits per heavy atom. The Hall–Kier alpha value is -2.26. The summed E-state index contributed by atoms with van der Waals surface area (Å²) in [6.07, 6.45) is 1.27. The smallest absolute Gasteiger partial charge is 0.331 e. The van der Waals surface area contributed by atoms with E-state index in [1.54, 1.807) is 0 Å². The molecule has 128 valence electrons. The van der Waals surface area contributed by atoms with Gasteiger partial charge in [-0.15, -0.1) is 0 Å². The van der Waals surface area contributed by atoms with E-state index in [1.165, 1.54) is 33.5 Å². The number of rotatable bonds is 3. The molecule has 1 saturated heterocycles. The summed E-state index contributed by atoms with van der Waals surface area (Å²) in [4.78, 5) is 32.5. The fourth-order valence-electron chi connectivity index (χ4n) is 2.06. The van der Waals surface area contributed by atoms with E-state index in [0.29, 0.717) is 5.56 Å². The number of thiocarbonyl (C=S) groups is 1. The van der Waals surface area contributed by atoms with Crippen LogP contribution in [0.5, 0.6) is 0 Å². The molecule has 0 radical (unpaired) electrons. The summed E-state index contributed by atoms with van der Waals surface area (Å²) < 4.78 is 14.4. The fraction of sp³-hybridized carbons (Fsp3) is 0.286. The first-order valence-electron chi connectivity index (χ1n) is 6.69. The average molecular weight is 373 g/mol. The summed E-state index contributed by atoms with van der Waals surface area (Å²) >= 11 is 11.0. The molecular weight excluding hydrogens is 359 g/mol. The van der Waals surface area contributed by atoms with Crippen LogP contribution < -0.4 is 4.90 Å². The Morgan fingerprint density at radius 2 is 2.00 bits per heavy atom. The van der Waals surface area contributed by atoms with Gasteiger partial charge in [0.1, 0.15) is 19.5 Å². The summed E-state index contributed by atoms with van der Waals surface area (Å²) in [7, 11) is 4.21. The van der Waals surface area contributed by atoms with E-state index < -0.39 is 17.8 Å². The van der Waals surface area contributed by atoms with Crippen LogP contribution in [0.4, 0.5) is 14.9 Å². The Kier molecular flexibility index (Phi) is 5.35. The van der Waals surface area contributed by atoms with Crippen LogP contribution in [0.3, 0.4) is 0 Å². The molecule has 3 amide bonds. The molecule has 7 nitrogen and oxygen atoms in total. The number of carbonyl (C=O) groups is 2. The minimum Gasteiger partial charge on any atom is -0.399 e. The van der Waals surface area contributed by atoms with Crippen molar-refractivity contribution >= 4 is 52.8 Å². The Morgan fingerprint density at radius 3 is 2.62 bits per heavy atom. The number of anilines is 1. The highest BCUT2D eigenvalue weighted by molar-refractivity contribution is 7.80. The third-order valence-corrected chi connectivity index (χ3v) is 4.29. The summed E-state index contributed by atoms with van der Waals surface area (Å²) in [5, 5.41) is 3.69. The van der Waals surface area contributed by atoms with Gasteiger partial charge in [0.25, 0.3) is 0 Å². The molecule has 1 fully saturated rings. The lowest BCUT2D eigenvalue weighted by atomic mass is 10.2. The SMILES string of the molecule is CO/N=C/c1cc(N2CC(=O)N(C)C(=S)N(C)C2=O)c(F)cc1Cl. The molecule has 1 heterocycles. The van der Waals surface area contributed by atoms with Crippen molar-refractivity contribution in [3.63, 3.8) is 0 Å².